The van der Waals surface area contributed by atoms with Gasteiger partial charge in [-0.2, -0.15) is 0 Å². The lowest BCUT2D eigenvalue weighted by Gasteiger charge is -2.58. The zero-order valence-corrected chi connectivity index (χ0v) is 24.4. The first kappa shape index (κ1) is 28.1. The van der Waals surface area contributed by atoms with Crippen molar-refractivity contribution in [1.82, 2.24) is 0 Å². The quantitative estimate of drug-likeness (QED) is 0.248. The predicted molar refractivity (Wildman–Crippen MR) is 151 cm³/mol. The Morgan fingerprint density at radius 3 is 2.47 bits per heavy atom. The highest BCUT2D eigenvalue weighted by Crippen LogP contribution is 2.67. The van der Waals surface area contributed by atoms with Crippen molar-refractivity contribution in [2.75, 3.05) is 0 Å². The van der Waals surface area contributed by atoms with Gasteiger partial charge in [0.1, 0.15) is 0 Å². The van der Waals surface area contributed by atoms with E-state index in [0.717, 1.165) is 47.0 Å². The maximum Gasteiger partial charge on any atom is 0.0594 e. The average molecular weight is 487 g/mol. The van der Waals surface area contributed by atoms with Crippen molar-refractivity contribution < 1.29 is 0 Å². The molecule has 0 radical (unpaired) electrons. The van der Waals surface area contributed by atoms with E-state index in [2.05, 4.69) is 53.0 Å². The fraction of sp³-hybridized carbons (Fsp3) is 0.848. The van der Waals surface area contributed by atoms with E-state index in [4.69, 9.17) is 11.6 Å². The molecule has 194 valence electrons. The van der Waals surface area contributed by atoms with Crippen LogP contribution in [0.2, 0.25) is 0 Å². The molecule has 8 unspecified atom stereocenters. The van der Waals surface area contributed by atoms with Crippen molar-refractivity contribution in [3.63, 3.8) is 0 Å². The highest BCUT2D eigenvalue weighted by atomic mass is 35.5. The molecule has 8 atom stereocenters. The van der Waals surface area contributed by atoms with E-state index in [0.29, 0.717) is 16.7 Å². The standard InChI is InChI=1S/C31H49Cl.C2H6/c1-7-25(32)20-23-15-17-30(5)24(19-23)11-12-26-28-14-13-27(22(4)10-8-9-21(2)3)31(28,6)18-16-29(26)30;1-2/h11,21-23,26-29H,1,8-10,12-20H2,2-6H3;1-2H3. The highest BCUT2D eigenvalue weighted by molar-refractivity contribution is 6.29. The summed E-state index contributed by atoms with van der Waals surface area (Å²) in [6.07, 6.45) is 19.2. The third-order valence-corrected chi connectivity index (χ3v) is 11.4. The fourth-order valence-electron chi connectivity index (χ4n) is 9.26. The number of halogens is 1. The second kappa shape index (κ2) is 11.7. The van der Waals surface area contributed by atoms with Gasteiger partial charge in [0.2, 0.25) is 0 Å². The van der Waals surface area contributed by atoms with E-state index in [1.54, 1.807) is 5.57 Å². The molecule has 1 heteroatoms. The minimum Gasteiger partial charge on any atom is -0.113 e. The molecule has 0 aromatic rings. The number of hydrogen-bond donors (Lipinski definition) is 0. The molecule has 0 saturated heterocycles. The molecule has 3 fully saturated rings. The van der Waals surface area contributed by atoms with Crippen molar-refractivity contribution in [1.29, 1.82) is 0 Å². The molecule has 4 rings (SSSR count). The fourth-order valence-corrected chi connectivity index (χ4v) is 9.48. The molecule has 0 aliphatic heterocycles. The Balaban J connectivity index is 0.00000158. The van der Waals surface area contributed by atoms with Crippen molar-refractivity contribution in [3.05, 3.63) is 29.0 Å². The van der Waals surface area contributed by atoms with E-state index < -0.39 is 0 Å². The van der Waals surface area contributed by atoms with Crippen LogP contribution in [0.5, 0.6) is 0 Å². The molecular formula is C33H55Cl. The first-order chi connectivity index (χ1) is 16.2. The van der Waals surface area contributed by atoms with Crippen molar-refractivity contribution >= 4 is 11.6 Å². The zero-order chi connectivity index (χ0) is 25.1. The van der Waals surface area contributed by atoms with Gasteiger partial charge in [0.05, 0.1) is 5.03 Å². The third-order valence-electron chi connectivity index (χ3n) is 11.1. The maximum atomic E-state index is 6.31. The summed E-state index contributed by atoms with van der Waals surface area (Å²) in [4.78, 5) is 0. The monoisotopic (exact) mass is 486 g/mol. The Hall–Kier alpha value is -0.450. The van der Waals surface area contributed by atoms with Gasteiger partial charge in [-0.3, -0.25) is 0 Å². The molecule has 0 aromatic heterocycles. The number of hydrogen-bond acceptors (Lipinski definition) is 0. The smallest absolute Gasteiger partial charge is 0.0594 e. The predicted octanol–water partition coefficient (Wildman–Crippen LogP) is 11.0. The maximum absolute atomic E-state index is 6.31. The lowest BCUT2D eigenvalue weighted by atomic mass is 9.46. The van der Waals surface area contributed by atoms with E-state index >= 15 is 0 Å². The van der Waals surface area contributed by atoms with Gasteiger partial charge in [-0.15, -0.1) is 5.73 Å². The molecule has 0 spiro atoms. The summed E-state index contributed by atoms with van der Waals surface area (Å²) in [7, 11) is 0. The largest absolute Gasteiger partial charge is 0.113 e. The van der Waals surface area contributed by atoms with E-state index in [9.17, 15) is 0 Å². The van der Waals surface area contributed by atoms with Crippen LogP contribution in [0.25, 0.3) is 0 Å². The van der Waals surface area contributed by atoms with Crippen LogP contribution in [0.3, 0.4) is 0 Å². The van der Waals surface area contributed by atoms with Crippen molar-refractivity contribution in [2.45, 2.75) is 126 Å². The summed E-state index contributed by atoms with van der Waals surface area (Å²) < 4.78 is 0. The molecule has 0 aromatic carbocycles. The van der Waals surface area contributed by atoms with Crippen LogP contribution < -0.4 is 0 Å². The number of fused-ring (bicyclic) bond motifs is 5. The molecule has 4 aliphatic rings. The Morgan fingerprint density at radius 2 is 1.79 bits per heavy atom. The van der Waals surface area contributed by atoms with Crippen molar-refractivity contribution in [3.8, 4) is 0 Å². The second-order valence-corrected chi connectivity index (χ2v) is 13.6. The van der Waals surface area contributed by atoms with Crippen LogP contribution in [0.1, 0.15) is 126 Å². The lowest BCUT2D eigenvalue weighted by molar-refractivity contribution is -0.0526. The van der Waals surface area contributed by atoms with Crippen molar-refractivity contribution in [2.24, 2.45) is 52.3 Å². The summed E-state index contributed by atoms with van der Waals surface area (Å²) in [6.45, 7) is 20.4. The summed E-state index contributed by atoms with van der Waals surface area (Å²) >= 11 is 6.31. The van der Waals surface area contributed by atoms with Crippen LogP contribution in [0.15, 0.2) is 29.0 Å². The van der Waals surface area contributed by atoms with Crippen LogP contribution in [-0.4, -0.2) is 0 Å². The molecule has 0 heterocycles. The molecule has 0 nitrogen and oxygen atoms in total. The molecule has 34 heavy (non-hydrogen) atoms. The minimum absolute atomic E-state index is 0.450. The molecule has 0 amide bonds. The lowest BCUT2D eigenvalue weighted by Crippen LogP contribution is -2.50. The van der Waals surface area contributed by atoms with Crippen LogP contribution in [0, 0.1) is 52.3 Å². The van der Waals surface area contributed by atoms with Gasteiger partial charge >= 0.3 is 0 Å². The van der Waals surface area contributed by atoms with Crippen LogP contribution >= 0.6 is 11.6 Å². The average Bonchev–Trinajstić information content (AvgIpc) is 3.17. The summed E-state index contributed by atoms with van der Waals surface area (Å²) in [5.74, 6) is 6.23. The molecule has 3 saturated carbocycles. The Morgan fingerprint density at radius 1 is 1.06 bits per heavy atom. The van der Waals surface area contributed by atoms with E-state index in [1.165, 1.54) is 70.6 Å². The van der Waals surface area contributed by atoms with Gasteiger partial charge in [0.15, 0.2) is 0 Å². The Bertz CT molecular complexity index is 755. The topological polar surface area (TPSA) is 0 Å². The third kappa shape index (κ3) is 5.44. The molecule has 0 bridgehead atoms. The number of rotatable bonds is 7. The normalized spacial score (nSPS) is 39.6. The Kier molecular flexibility index (Phi) is 9.71. The van der Waals surface area contributed by atoms with Gasteiger partial charge in [0.25, 0.3) is 0 Å². The minimum atomic E-state index is 0.450. The summed E-state index contributed by atoms with van der Waals surface area (Å²) in [6, 6.07) is 0. The summed E-state index contributed by atoms with van der Waals surface area (Å²) in [5, 5.41) is 0.834. The zero-order valence-electron chi connectivity index (χ0n) is 23.7. The molecule has 4 aliphatic carbocycles. The first-order valence-electron chi connectivity index (χ1n) is 14.9. The van der Waals surface area contributed by atoms with Gasteiger partial charge in [-0.25, -0.2) is 0 Å². The van der Waals surface area contributed by atoms with E-state index in [-0.39, 0.29) is 0 Å². The molecule has 0 N–H and O–H groups in total. The van der Waals surface area contributed by atoms with Gasteiger partial charge < -0.3 is 0 Å². The van der Waals surface area contributed by atoms with Gasteiger partial charge in [-0.1, -0.05) is 97.6 Å². The van der Waals surface area contributed by atoms with Gasteiger partial charge in [-0.05, 0) is 110 Å². The second-order valence-electron chi connectivity index (χ2n) is 13.2. The van der Waals surface area contributed by atoms with Crippen LogP contribution in [0.4, 0.5) is 0 Å². The van der Waals surface area contributed by atoms with Crippen LogP contribution in [-0.2, 0) is 0 Å². The Labute approximate surface area is 218 Å². The first-order valence-corrected chi connectivity index (χ1v) is 15.3. The summed E-state index contributed by atoms with van der Waals surface area (Å²) in [5.41, 5.74) is 5.74. The van der Waals surface area contributed by atoms with Gasteiger partial charge in [0, 0.05) is 0 Å². The molecular weight excluding hydrogens is 432 g/mol. The SMILES string of the molecule is C=C=C(Cl)CC1CCC2(C)C(=CCC3C2CCC2(C)C(C(C)CCCC(C)C)CCC32)C1.CC. The van der Waals surface area contributed by atoms with E-state index in [1.807, 2.05) is 13.8 Å². The highest BCUT2D eigenvalue weighted by Gasteiger charge is 2.59. The number of allylic oxidation sites excluding steroid dienone is 3.